The molecule has 2 N–H and O–H groups in total. The van der Waals surface area contributed by atoms with Gasteiger partial charge in [0.25, 0.3) is 0 Å². The summed E-state index contributed by atoms with van der Waals surface area (Å²) in [7, 11) is 0. The highest BCUT2D eigenvalue weighted by molar-refractivity contribution is 6.30. The van der Waals surface area contributed by atoms with Gasteiger partial charge < -0.3 is 5.73 Å². The molecule has 2 aromatic carbocycles. The molecule has 3 aromatic rings. The number of nitrogen functional groups attached to an aromatic ring is 1. The lowest BCUT2D eigenvalue weighted by atomic mass is 10.2. The van der Waals surface area contributed by atoms with Crippen LogP contribution in [-0.2, 0) is 0 Å². The van der Waals surface area contributed by atoms with E-state index < -0.39 is 5.82 Å². The second kappa shape index (κ2) is 4.51. The van der Waals surface area contributed by atoms with Crippen molar-refractivity contribution in [2.45, 2.75) is 0 Å². The zero-order valence-electron chi connectivity index (χ0n) is 10.1. The lowest BCUT2D eigenvalue weighted by molar-refractivity contribution is 0.627. The maximum atomic E-state index is 13.5. The van der Waals surface area contributed by atoms with Crippen molar-refractivity contribution in [2.24, 2.45) is 0 Å². The number of imidazole rings is 1. The normalized spacial score (nSPS) is 10.7. The molecule has 0 saturated heterocycles. The molecule has 1 heterocycles. The average molecular weight is 287 g/mol. The maximum Gasteiger partial charge on any atom is 0.205 e. The number of nitrogens with two attached hydrogens (primary N) is 1. The third-order valence-electron chi connectivity index (χ3n) is 2.92. The summed E-state index contributed by atoms with van der Waals surface area (Å²) >= 11 is 5.86. The number of halogens is 2. The van der Waals surface area contributed by atoms with Gasteiger partial charge >= 0.3 is 0 Å². The van der Waals surface area contributed by atoms with Crippen LogP contribution in [0.2, 0.25) is 5.02 Å². The van der Waals surface area contributed by atoms with Crippen LogP contribution in [0.5, 0.6) is 0 Å². The molecule has 0 fully saturated rings. The monoisotopic (exact) mass is 286 g/mol. The fourth-order valence-electron chi connectivity index (χ4n) is 2.10. The zero-order chi connectivity index (χ0) is 14.3. The lowest BCUT2D eigenvalue weighted by Gasteiger charge is -2.07. The third kappa shape index (κ3) is 1.96. The molecule has 0 spiro atoms. The summed E-state index contributed by atoms with van der Waals surface area (Å²) in [6.45, 7) is 0. The van der Waals surface area contributed by atoms with Gasteiger partial charge in [0.05, 0.1) is 28.4 Å². The molecule has 0 unspecified atom stereocenters. The Hall–Kier alpha value is -2.58. The van der Waals surface area contributed by atoms with Gasteiger partial charge in [-0.3, -0.25) is 4.57 Å². The van der Waals surface area contributed by atoms with E-state index in [2.05, 4.69) is 4.98 Å². The molecule has 0 saturated carbocycles. The molecule has 0 radical (unpaired) electrons. The van der Waals surface area contributed by atoms with Crippen LogP contribution in [0, 0.1) is 17.1 Å². The van der Waals surface area contributed by atoms with Gasteiger partial charge in [-0.25, -0.2) is 9.37 Å². The largest absolute Gasteiger partial charge is 0.369 e. The van der Waals surface area contributed by atoms with Crippen molar-refractivity contribution in [3.63, 3.8) is 0 Å². The van der Waals surface area contributed by atoms with E-state index in [0.29, 0.717) is 22.3 Å². The number of anilines is 1. The first-order valence-electron chi connectivity index (χ1n) is 5.73. The number of nitriles is 1. The minimum Gasteiger partial charge on any atom is -0.369 e. The summed E-state index contributed by atoms with van der Waals surface area (Å²) in [6.07, 6.45) is 0. The number of aromatic nitrogens is 2. The van der Waals surface area contributed by atoms with Crippen molar-refractivity contribution >= 4 is 28.6 Å². The minimum absolute atomic E-state index is 0.205. The summed E-state index contributed by atoms with van der Waals surface area (Å²) in [5.41, 5.74) is 8.07. The second-order valence-electron chi connectivity index (χ2n) is 4.25. The van der Waals surface area contributed by atoms with E-state index in [-0.39, 0.29) is 11.0 Å². The van der Waals surface area contributed by atoms with Crippen molar-refractivity contribution in [3.05, 3.63) is 52.8 Å². The number of fused-ring (bicyclic) bond motifs is 1. The van der Waals surface area contributed by atoms with Crippen molar-refractivity contribution in [3.8, 4) is 11.8 Å². The Kier molecular flexibility index (Phi) is 2.81. The van der Waals surface area contributed by atoms with Gasteiger partial charge in [0.1, 0.15) is 5.82 Å². The van der Waals surface area contributed by atoms with Crippen LogP contribution in [-0.4, -0.2) is 9.55 Å². The Morgan fingerprint density at radius 3 is 2.75 bits per heavy atom. The number of hydrogen-bond donors (Lipinski definition) is 1. The van der Waals surface area contributed by atoms with Crippen LogP contribution in [0.25, 0.3) is 16.7 Å². The van der Waals surface area contributed by atoms with E-state index in [9.17, 15) is 4.39 Å². The van der Waals surface area contributed by atoms with Crippen molar-refractivity contribution in [2.75, 3.05) is 5.73 Å². The highest BCUT2D eigenvalue weighted by atomic mass is 35.5. The maximum absolute atomic E-state index is 13.5. The van der Waals surface area contributed by atoms with Crippen LogP contribution < -0.4 is 5.73 Å². The van der Waals surface area contributed by atoms with E-state index >= 15 is 0 Å². The predicted octanol–water partition coefficient (Wildman–Crippen LogP) is 3.27. The van der Waals surface area contributed by atoms with Crippen LogP contribution in [0.1, 0.15) is 5.56 Å². The highest BCUT2D eigenvalue weighted by Gasteiger charge is 2.12. The quantitative estimate of drug-likeness (QED) is 0.746. The molecule has 0 aliphatic carbocycles. The number of nitrogens with zero attached hydrogens (tertiary/aromatic N) is 3. The summed E-state index contributed by atoms with van der Waals surface area (Å²) < 4.78 is 15.0. The van der Waals surface area contributed by atoms with Crippen LogP contribution in [0.4, 0.5) is 10.3 Å². The number of rotatable bonds is 1. The summed E-state index contributed by atoms with van der Waals surface area (Å²) in [4.78, 5) is 4.19. The molecule has 1 aromatic heterocycles. The second-order valence-corrected chi connectivity index (χ2v) is 4.68. The molecule has 0 aliphatic heterocycles. The Morgan fingerprint density at radius 2 is 2.05 bits per heavy atom. The first kappa shape index (κ1) is 12.5. The van der Waals surface area contributed by atoms with Gasteiger partial charge in [-0.05, 0) is 36.4 Å². The molecule has 0 bridgehead atoms. The van der Waals surface area contributed by atoms with E-state index in [4.69, 9.17) is 22.6 Å². The van der Waals surface area contributed by atoms with Crippen LogP contribution in [0.3, 0.4) is 0 Å². The van der Waals surface area contributed by atoms with Gasteiger partial charge in [-0.15, -0.1) is 0 Å². The fourth-order valence-corrected chi connectivity index (χ4v) is 2.32. The topological polar surface area (TPSA) is 67.6 Å². The molecule has 4 nitrogen and oxygen atoms in total. The van der Waals surface area contributed by atoms with E-state index in [0.717, 1.165) is 0 Å². The zero-order valence-corrected chi connectivity index (χ0v) is 10.9. The van der Waals surface area contributed by atoms with E-state index in [1.807, 2.05) is 6.07 Å². The predicted molar refractivity (Wildman–Crippen MR) is 75.2 cm³/mol. The molecule has 6 heteroatoms. The summed E-state index contributed by atoms with van der Waals surface area (Å²) in [6, 6.07) is 11.1. The van der Waals surface area contributed by atoms with Gasteiger partial charge in [0.2, 0.25) is 5.95 Å². The third-order valence-corrected chi connectivity index (χ3v) is 3.13. The van der Waals surface area contributed by atoms with Crippen molar-refractivity contribution in [1.82, 2.24) is 9.55 Å². The minimum atomic E-state index is -0.467. The highest BCUT2D eigenvalue weighted by Crippen LogP contribution is 2.26. The van der Waals surface area contributed by atoms with Crippen molar-refractivity contribution < 1.29 is 4.39 Å². The average Bonchev–Trinajstić information content (AvgIpc) is 2.72. The Balaban J connectivity index is 2.35. The molecule has 0 aliphatic rings. The Labute approximate surface area is 118 Å². The van der Waals surface area contributed by atoms with E-state index in [1.54, 1.807) is 28.8 Å². The SMILES string of the molecule is N#Cc1ccc2nc(N)n(-c3cc(F)cc(Cl)c3)c2c1. The van der Waals surface area contributed by atoms with Crippen LogP contribution in [0.15, 0.2) is 36.4 Å². The molecule has 20 heavy (non-hydrogen) atoms. The fraction of sp³-hybridized carbons (Fsp3) is 0. The van der Waals surface area contributed by atoms with Gasteiger partial charge in [0.15, 0.2) is 0 Å². The molecular formula is C14H8ClFN4. The van der Waals surface area contributed by atoms with Crippen molar-refractivity contribution in [1.29, 1.82) is 5.26 Å². The Bertz CT molecular complexity index is 843. The summed E-state index contributed by atoms with van der Waals surface area (Å²) in [5, 5.41) is 9.22. The molecular weight excluding hydrogens is 279 g/mol. The Morgan fingerprint density at radius 1 is 1.25 bits per heavy atom. The van der Waals surface area contributed by atoms with Gasteiger partial charge in [-0.2, -0.15) is 5.26 Å². The molecule has 0 amide bonds. The van der Waals surface area contributed by atoms with E-state index in [1.165, 1.54) is 12.1 Å². The number of benzene rings is 2. The first-order valence-corrected chi connectivity index (χ1v) is 6.11. The molecule has 98 valence electrons. The van der Waals surface area contributed by atoms with Crippen LogP contribution >= 0.6 is 11.6 Å². The smallest absolute Gasteiger partial charge is 0.205 e. The summed E-state index contributed by atoms with van der Waals surface area (Å²) in [5.74, 6) is -0.262. The lowest BCUT2D eigenvalue weighted by Crippen LogP contribution is -2.01. The van der Waals surface area contributed by atoms with Gasteiger partial charge in [0, 0.05) is 5.02 Å². The number of hydrogen-bond acceptors (Lipinski definition) is 3. The first-order chi connectivity index (χ1) is 9.58. The molecule has 0 atom stereocenters. The standard InChI is InChI=1S/C14H8ClFN4/c15-9-4-10(16)6-11(5-9)20-13-3-8(7-17)1-2-12(13)19-14(20)18/h1-6H,(H2,18,19). The molecule has 3 rings (SSSR count). The van der Waals surface area contributed by atoms with Gasteiger partial charge in [-0.1, -0.05) is 11.6 Å².